The van der Waals surface area contributed by atoms with Gasteiger partial charge >= 0.3 is 0 Å². The molecule has 0 bridgehead atoms. The van der Waals surface area contributed by atoms with Crippen LogP contribution in [0.15, 0.2) is 5.16 Å². The normalized spacial score (nSPS) is 16.3. The second kappa shape index (κ2) is 5.51. The molecule has 18 heavy (non-hydrogen) atoms. The largest absolute Gasteiger partial charge is 0.409 e. The average Bonchev–Trinajstić information content (AvgIpc) is 3.05. The second-order valence-electron chi connectivity index (χ2n) is 4.86. The summed E-state index contributed by atoms with van der Waals surface area (Å²) in [6, 6.07) is 0.546. The Labute approximate surface area is 111 Å². The molecule has 0 atom stereocenters. The Morgan fingerprint density at radius 1 is 1.61 bits per heavy atom. The van der Waals surface area contributed by atoms with E-state index in [1.54, 1.807) is 0 Å². The molecule has 0 saturated heterocycles. The van der Waals surface area contributed by atoms with Gasteiger partial charge in [-0.1, -0.05) is 19.0 Å². The zero-order chi connectivity index (χ0) is 13.1. The highest BCUT2D eigenvalue weighted by Crippen LogP contribution is 2.33. The van der Waals surface area contributed by atoms with E-state index < -0.39 is 0 Å². The van der Waals surface area contributed by atoms with Crippen LogP contribution in [0.25, 0.3) is 0 Å². The Morgan fingerprint density at radius 2 is 2.33 bits per heavy atom. The minimum Gasteiger partial charge on any atom is -0.409 e. The highest BCUT2D eigenvalue weighted by atomic mass is 32.1. The molecule has 7 heteroatoms. The van der Waals surface area contributed by atoms with E-state index in [4.69, 9.17) is 10.9 Å². The zero-order valence-electron chi connectivity index (χ0n) is 10.7. The van der Waals surface area contributed by atoms with Crippen LogP contribution in [-0.2, 0) is 0 Å². The molecule has 1 aromatic heterocycles. The lowest BCUT2D eigenvalue weighted by molar-refractivity contribution is 0.317. The summed E-state index contributed by atoms with van der Waals surface area (Å²) in [5.41, 5.74) is 5.51. The molecule has 100 valence electrons. The van der Waals surface area contributed by atoms with Gasteiger partial charge in [-0.25, -0.2) is 4.98 Å². The van der Waals surface area contributed by atoms with Crippen LogP contribution in [0.5, 0.6) is 0 Å². The first-order chi connectivity index (χ1) is 8.61. The van der Waals surface area contributed by atoms with Crippen molar-refractivity contribution >= 4 is 22.5 Å². The third-order valence-electron chi connectivity index (χ3n) is 2.92. The average molecular weight is 269 g/mol. The molecule has 1 heterocycles. The molecule has 0 aromatic carbocycles. The van der Waals surface area contributed by atoms with Crippen LogP contribution >= 0.6 is 11.5 Å². The topological polar surface area (TPSA) is 87.6 Å². The molecule has 1 aliphatic rings. The number of hydrogen-bond acceptors (Lipinski definition) is 6. The number of nitrogens with two attached hydrogens (primary N) is 1. The van der Waals surface area contributed by atoms with E-state index >= 15 is 0 Å². The lowest BCUT2D eigenvalue weighted by Gasteiger charge is -2.20. The summed E-state index contributed by atoms with van der Waals surface area (Å²) >= 11 is 1.44. The summed E-state index contributed by atoms with van der Waals surface area (Å²) in [6.07, 6.45) is 2.92. The minimum absolute atomic E-state index is 0.259. The fraction of sp³-hybridized carbons (Fsp3) is 0.727. The van der Waals surface area contributed by atoms with Gasteiger partial charge in [0.05, 0.1) is 0 Å². The van der Waals surface area contributed by atoms with Crippen LogP contribution in [-0.4, -0.2) is 33.0 Å². The van der Waals surface area contributed by atoms with E-state index in [9.17, 15) is 0 Å². The summed E-state index contributed by atoms with van der Waals surface area (Å²) < 4.78 is 4.37. The van der Waals surface area contributed by atoms with Crippen molar-refractivity contribution < 1.29 is 5.21 Å². The summed E-state index contributed by atoms with van der Waals surface area (Å²) in [4.78, 5) is 6.79. The predicted molar refractivity (Wildman–Crippen MR) is 72.4 cm³/mol. The number of oxime groups is 1. The van der Waals surface area contributed by atoms with Crippen molar-refractivity contribution in [2.45, 2.75) is 45.1 Å². The Balaban J connectivity index is 2.04. The van der Waals surface area contributed by atoms with Crippen LogP contribution in [0.4, 0.5) is 5.13 Å². The third kappa shape index (κ3) is 3.10. The molecule has 2 rings (SSSR count). The van der Waals surface area contributed by atoms with Gasteiger partial charge in [0.2, 0.25) is 5.13 Å². The molecular formula is C11H19N5OS. The number of aromatic nitrogens is 2. The molecule has 0 amide bonds. The fourth-order valence-corrected chi connectivity index (χ4v) is 2.59. The van der Waals surface area contributed by atoms with Gasteiger partial charge in [0, 0.05) is 36.5 Å². The van der Waals surface area contributed by atoms with Gasteiger partial charge in [-0.05, 0) is 12.8 Å². The summed E-state index contributed by atoms with van der Waals surface area (Å²) in [5, 5.41) is 12.5. The highest BCUT2D eigenvalue weighted by Gasteiger charge is 2.31. The van der Waals surface area contributed by atoms with Crippen LogP contribution in [0.2, 0.25) is 0 Å². The molecule has 0 radical (unpaired) electrons. The van der Waals surface area contributed by atoms with E-state index in [2.05, 4.69) is 33.3 Å². The first-order valence-corrected chi connectivity index (χ1v) is 6.95. The second-order valence-corrected chi connectivity index (χ2v) is 5.59. The quantitative estimate of drug-likeness (QED) is 0.355. The minimum atomic E-state index is 0.259. The van der Waals surface area contributed by atoms with Gasteiger partial charge in [0.1, 0.15) is 11.7 Å². The van der Waals surface area contributed by atoms with Crippen molar-refractivity contribution in [2.24, 2.45) is 10.9 Å². The maximum atomic E-state index is 8.57. The standard InChI is InChI=1S/C11H19N5OS/c1-7(2)10-13-11(18-15-10)16(8-3-4-8)6-5-9(12)14-17/h7-8,17H,3-6H2,1-2H3,(H2,12,14). The summed E-state index contributed by atoms with van der Waals surface area (Å²) in [6.45, 7) is 4.90. The Kier molecular flexibility index (Phi) is 4.00. The van der Waals surface area contributed by atoms with Crippen LogP contribution in [0, 0.1) is 0 Å². The van der Waals surface area contributed by atoms with E-state index in [0.29, 0.717) is 18.4 Å². The van der Waals surface area contributed by atoms with Crippen molar-refractivity contribution in [2.75, 3.05) is 11.4 Å². The van der Waals surface area contributed by atoms with Gasteiger partial charge in [0.25, 0.3) is 0 Å². The van der Waals surface area contributed by atoms with E-state index in [-0.39, 0.29) is 5.84 Å². The van der Waals surface area contributed by atoms with E-state index in [1.807, 2.05) is 0 Å². The van der Waals surface area contributed by atoms with Crippen molar-refractivity contribution in [3.05, 3.63) is 5.82 Å². The zero-order valence-corrected chi connectivity index (χ0v) is 11.5. The lowest BCUT2D eigenvalue weighted by Crippen LogP contribution is -2.30. The van der Waals surface area contributed by atoms with Crippen molar-refractivity contribution in [3.8, 4) is 0 Å². The summed E-state index contributed by atoms with van der Waals surface area (Å²) in [5.74, 6) is 1.50. The molecule has 0 unspecified atom stereocenters. The SMILES string of the molecule is CC(C)c1nsc(N(CCC(N)=NO)C2CC2)n1. The predicted octanol–water partition coefficient (Wildman–Crippen LogP) is 1.77. The van der Waals surface area contributed by atoms with Crippen LogP contribution in [0.1, 0.15) is 44.9 Å². The van der Waals surface area contributed by atoms with Crippen LogP contribution in [0.3, 0.4) is 0 Å². The summed E-state index contributed by atoms with van der Waals surface area (Å²) in [7, 11) is 0. The molecule has 0 aliphatic heterocycles. The molecule has 1 fully saturated rings. The van der Waals surface area contributed by atoms with E-state index in [0.717, 1.165) is 17.5 Å². The molecular weight excluding hydrogens is 250 g/mol. The van der Waals surface area contributed by atoms with E-state index in [1.165, 1.54) is 24.4 Å². The fourth-order valence-electron chi connectivity index (χ4n) is 1.68. The molecule has 0 spiro atoms. The first-order valence-electron chi connectivity index (χ1n) is 6.18. The number of nitrogens with zero attached hydrogens (tertiary/aromatic N) is 4. The smallest absolute Gasteiger partial charge is 0.205 e. The maximum Gasteiger partial charge on any atom is 0.205 e. The van der Waals surface area contributed by atoms with Crippen molar-refractivity contribution in [1.29, 1.82) is 0 Å². The van der Waals surface area contributed by atoms with Gasteiger partial charge in [-0.2, -0.15) is 4.37 Å². The number of anilines is 1. The van der Waals surface area contributed by atoms with Gasteiger partial charge in [-0.15, -0.1) is 0 Å². The monoisotopic (exact) mass is 269 g/mol. The van der Waals surface area contributed by atoms with Crippen molar-refractivity contribution in [3.63, 3.8) is 0 Å². The number of amidine groups is 1. The Morgan fingerprint density at radius 3 is 2.83 bits per heavy atom. The van der Waals surface area contributed by atoms with Gasteiger partial charge in [0.15, 0.2) is 0 Å². The Bertz CT molecular complexity index is 427. The highest BCUT2D eigenvalue weighted by molar-refractivity contribution is 7.09. The third-order valence-corrected chi connectivity index (χ3v) is 3.69. The van der Waals surface area contributed by atoms with Gasteiger partial charge < -0.3 is 15.8 Å². The first kappa shape index (κ1) is 13.1. The van der Waals surface area contributed by atoms with Crippen molar-refractivity contribution in [1.82, 2.24) is 9.36 Å². The molecule has 1 aliphatic carbocycles. The molecule has 1 saturated carbocycles. The number of rotatable bonds is 6. The lowest BCUT2D eigenvalue weighted by atomic mass is 10.2. The maximum absolute atomic E-state index is 8.57. The molecule has 3 N–H and O–H groups in total. The van der Waals surface area contributed by atoms with Crippen LogP contribution < -0.4 is 10.6 Å². The number of hydrogen-bond donors (Lipinski definition) is 2. The Hall–Kier alpha value is -1.37. The molecule has 1 aromatic rings. The molecule has 6 nitrogen and oxygen atoms in total. The van der Waals surface area contributed by atoms with Gasteiger partial charge in [-0.3, -0.25) is 0 Å².